The minimum absolute atomic E-state index is 0.152. The molecule has 0 spiro atoms. The number of methoxy groups -OCH3 is 1. The molecular formula is C11H16BrNO2. The topological polar surface area (TPSA) is 55.5 Å². The van der Waals surface area contributed by atoms with Crippen molar-refractivity contribution in [2.24, 2.45) is 5.73 Å². The largest absolute Gasteiger partial charge is 0.503 e. The third-order valence-electron chi connectivity index (χ3n) is 2.25. The molecule has 84 valence electrons. The van der Waals surface area contributed by atoms with Crippen molar-refractivity contribution in [3.63, 3.8) is 0 Å². The fraction of sp³-hybridized carbons (Fsp3) is 0.455. The van der Waals surface area contributed by atoms with Crippen LogP contribution in [0.2, 0.25) is 0 Å². The summed E-state index contributed by atoms with van der Waals surface area (Å²) >= 11 is 3.35. The van der Waals surface area contributed by atoms with Gasteiger partial charge in [0.2, 0.25) is 0 Å². The lowest BCUT2D eigenvalue weighted by atomic mass is 10.1. The maximum absolute atomic E-state index is 9.74. The predicted octanol–water partition coefficient (Wildman–Crippen LogP) is 2.44. The first-order valence-corrected chi connectivity index (χ1v) is 5.65. The van der Waals surface area contributed by atoms with Crippen molar-refractivity contribution in [3.8, 4) is 11.5 Å². The Bertz CT molecular complexity index is 340. The van der Waals surface area contributed by atoms with Crippen molar-refractivity contribution in [3.05, 3.63) is 22.2 Å². The molecule has 1 rings (SSSR count). The van der Waals surface area contributed by atoms with Gasteiger partial charge in [-0.2, -0.15) is 0 Å². The minimum Gasteiger partial charge on any atom is -0.503 e. The Morgan fingerprint density at radius 2 is 2.20 bits per heavy atom. The first-order chi connectivity index (χ1) is 7.06. The molecule has 0 heterocycles. The lowest BCUT2D eigenvalue weighted by Gasteiger charge is -2.10. The number of nitrogens with two attached hydrogens (primary N) is 1. The van der Waals surface area contributed by atoms with Gasteiger partial charge in [-0.3, -0.25) is 0 Å². The molecule has 1 aromatic carbocycles. The summed E-state index contributed by atoms with van der Waals surface area (Å²) in [6.07, 6.45) is 1.74. The summed E-state index contributed by atoms with van der Waals surface area (Å²) in [5.41, 5.74) is 6.73. The maximum atomic E-state index is 9.74. The van der Waals surface area contributed by atoms with Crippen LogP contribution >= 0.6 is 15.9 Å². The van der Waals surface area contributed by atoms with Gasteiger partial charge in [0.25, 0.3) is 0 Å². The Hall–Kier alpha value is -0.740. The standard InChI is InChI=1S/C11H16BrNO2/c1-7(13)3-4-8-5-6-9(15-2)11(14)10(8)12/h5-7,14H,3-4,13H2,1-2H3/t7-/m1/s1. The maximum Gasteiger partial charge on any atom is 0.172 e. The van der Waals surface area contributed by atoms with Gasteiger partial charge in [0.05, 0.1) is 11.6 Å². The molecule has 0 aliphatic rings. The Morgan fingerprint density at radius 1 is 1.53 bits per heavy atom. The fourth-order valence-corrected chi connectivity index (χ4v) is 1.86. The molecule has 4 heteroatoms. The number of aromatic hydroxyl groups is 1. The number of phenols is 1. The van der Waals surface area contributed by atoms with Crippen LogP contribution in [0.25, 0.3) is 0 Å². The molecule has 0 fully saturated rings. The molecule has 3 N–H and O–H groups in total. The average Bonchev–Trinajstić information content (AvgIpc) is 2.20. The zero-order valence-electron chi connectivity index (χ0n) is 8.96. The van der Waals surface area contributed by atoms with E-state index in [-0.39, 0.29) is 11.8 Å². The van der Waals surface area contributed by atoms with Crippen LogP contribution in [0, 0.1) is 0 Å². The van der Waals surface area contributed by atoms with Gasteiger partial charge >= 0.3 is 0 Å². The van der Waals surface area contributed by atoms with E-state index in [4.69, 9.17) is 10.5 Å². The highest BCUT2D eigenvalue weighted by molar-refractivity contribution is 9.10. The molecule has 0 aliphatic carbocycles. The van der Waals surface area contributed by atoms with Crippen LogP contribution < -0.4 is 10.5 Å². The van der Waals surface area contributed by atoms with Crippen molar-refractivity contribution >= 4 is 15.9 Å². The van der Waals surface area contributed by atoms with Crippen LogP contribution in [0.3, 0.4) is 0 Å². The monoisotopic (exact) mass is 273 g/mol. The van der Waals surface area contributed by atoms with E-state index < -0.39 is 0 Å². The van der Waals surface area contributed by atoms with E-state index in [9.17, 15) is 5.11 Å². The van der Waals surface area contributed by atoms with Crippen LogP contribution in [0.5, 0.6) is 11.5 Å². The van der Waals surface area contributed by atoms with Crippen molar-refractivity contribution in [1.82, 2.24) is 0 Å². The van der Waals surface area contributed by atoms with Gasteiger partial charge in [-0.05, 0) is 47.3 Å². The summed E-state index contributed by atoms with van der Waals surface area (Å²) < 4.78 is 5.70. The molecule has 0 bridgehead atoms. The van der Waals surface area contributed by atoms with Crippen LogP contribution in [-0.2, 0) is 6.42 Å². The Kier molecular flexibility index (Phi) is 4.42. The van der Waals surface area contributed by atoms with E-state index >= 15 is 0 Å². The van der Waals surface area contributed by atoms with Gasteiger partial charge in [-0.15, -0.1) is 0 Å². The zero-order chi connectivity index (χ0) is 11.4. The molecule has 0 amide bonds. The number of hydrogen-bond acceptors (Lipinski definition) is 3. The average molecular weight is 274 g/mol. The molecule has 0 saturated carbocycles. The molecule has 15 heavy (non-hydrogen) atoms. The molecule has 0 aromatic heterocycles. The second kappa shape index (κ2) is 5.37. The van der Waals surface area contributed by atoms with Crippen LogP contribution in [-0.4, -0.2) is 18.3 Å². The summed E-state index contributed by atoms with van der Waals surface area (Å²) in [4.78, 5) is 0. The predicted molar refractivity (Wildman–Crippen MR) is 64.3 cm³/mol. The van der Waals surface area contributed by atoms with Crippen molar-refractivity contribution in [1.29, 1.82) is 0 Å². The normalized spacial score (nSPS) is 12.5. The number of ether oxygens (including phenoxy) is 1. The van der Waals surface area contributed by atoms with Gasteiger partial charge in [-0.1, -0.05) is 6.07 Å². The number of rotatable bonds is 4. The molecule has 0 radical (unpaired) electrons. The van der Waals surface area contributed by atoms with Crippen molar-refractivity contribution in [2.75, 3.05) is 7.11 Å². The van der Waals surface area contributed by atoms with Crippen LogP contribution in [0.4, 0.5) is 0 Å². The molecule has 0 unspecified atom stereocenters. The highest BCUT2D eigenvalue weighted by Crippen LogP contribution is 2.36. The van der Waals surface area contributed by atoms with E-state index in [1.54, 1.807) is 6.07 Å². The van der Waals surface area contributed by atoms with Gasteiger partial charge in [0, 0.05) is 6.04 Å². The minimum atomic E-state index is 0.152. The summed E-state index contributed by atoms with van der Waals surface area (Å²) in [7, 11) is 1.53. The quantitative estimate of drug-likeness (QED) is 0.886. The fourth-order valence-electron chi connectivity index (χ4n) is 1.33. The van der Waals surface area contributed by atoms with Crippen molar-refractivity contribution in [2.45, 2.75) is 25.8 Å². The smallest absolute Gasteiger partial charge is 0.172 e. The lowest BCUT2D eigenvalue weighted by molar-refractivity contribution is 0.371. The Labute approximate surface area is 98.4 Å². The number of aryl methyl sites for hydroxylation is 1. The summed E-state index contributed by atoms with van der Waals surface area (Å²) in [5, 5.41) is 9.74. The highest BCUT2D eigenvalue weighted by atomic mass is 79.9. The van der Waals surface area contributed by atoms with E-state index in [2.05, 4.69) is 15.9 Å². The third-order valence-corrected chi connectivity index (χ3v) is 3.13. The molecule has 1 atom stereocenters. The van der Waals surface area contributed by atoms with Crippen LogP contribution in [0.1, 0.15) is 18.9 Å². The van der Waals surface area contributed by atoms with E-state index in [0.717, 1.165) is 18.4 Å². The SMILES string of the molecule is COc1ccc(CC[C@@H](C)N)c(Br)c1O. The lowest BCUT2D eigenvalue weighted by Crippen LogP contribution is -2.15. The van der Waals surface area contributed by atoms with Gasteiger partial charge in [0.1, 0.15) is 0 Å². The Morgan fingerprint density at radius 3 is 2.73 bits per heavy atom. The highest BCUT2D eigenvalue weighted by Gasteiger charge is 2.10. The first-order valence-electron chi connectivity index (χ1n) is 4.86. The van der Waals surface area contributed by atoms with Crippen LogP contribution in [0.15, 0.2) is 16.6 Å². The molecule has 0 saturated heterocycles. The third kappa shape index (κ3) is 3.11. The number of benzene rings is 1. The van der Waals surface area contributed by atoms with Crippen molar-refractivity contribution < 1.29 is 9.84 Å². The second-order valence-corrected chi connectivity index (χ2v) is 4.40. The molecular weight excluding hydrogens is 258 g/mol. The summed E-state index contributed by atoms with van der Waals surface area (Å²) in [6, 6.07) is 3.86. The summed E-state index contributed by atoms with van der Waals surface area (Å²) in [6.45, 7) is 1.97. The number of phenolic OH excluding ortho intramolecular Hbond substituents is 1. The number of halogens is 1. The van der Waals surface area contributed by atoms with E-state index in [1.165, 1.54) is 7.11 Å². The van der Waals surface area contributed by atoms with E-state index in [0.29, 0.717) is 10.2 Å². The molecule has 1 aromatic rings. The first kappa shape index (κ1) is 12.3. The Balaban J connectivity index is 2.87. The molecule has 3 nitrogen and oxygen atoms in total. The molecule has 0 aliphatic heterocycles. The second-order valence-electron chi connectivity index (χ2n) is 3.61. The van der Waals surface area contributed by atoms with Gasteiger partial charge in [0.15, 0.2) is 11.5 Å². The van der Waals surface area contributed by atoms with E-state index in [1.807, 2.05) is 13.0 Å². The van der Waals surface area contributed by atoms with Gasteiger partial charge in [-0.25, -0.2) is 0 Å². The summed E-state index contributed by atoms with van der Waals surface area (Å²) in [5.74, 6) is 0.631. The van der Waals surface area contributed by atoms with Gasteiger partial charge < -0.3 is 15.6 Å². The number of hydrogen-bond donors (Lipinski definition) is 2. The zero-order valence-corrected chi connectivity index (χ0v) is 10.5.